The maximum absolute atomic E-state index is 14.4. The fourth-order valence-electron chi connectivity index (χ4n) is 5.14. The molecular formula is C34H32BrN5O4. The monoisotopic (exact) mass is 653 g/mol. The topological polar surface area (TPSA) is 129 Å². The summed E-state index contributed by atoms with van der Waals surface area (Å²) < 4.78 is 13.2. The zero-order chi connectivity index (χ0) is 30.8. The van der Waals surface area contributed by atoms with Crippen molar-refractivity contribution in [2.75, 3.05) is 19.8 Å². The number of aliphatic hydroxyl groups excluding tert-OH is 1. The van der Waals surface area contributed by atoms with E-state index < -0.39 is 11.6 Å². The zero-order valence-corrected chi connectivity index (χ0v) is 25.6. The maximum Gasteiger partial charge on any atom is 0.252 e. The lowest BCUT2D eigenvalue weighted by Crippen LogP contribution is -2.50. The summed E-state index contributed by atoms with van der Waals surface area (Å²) in [5, 5.41) is 16.1. The van der Waals surface area contributed by atoms with Crippen molar-refractivity contribution in [3.05, 3.63) is 140 Å². The minimum atomic E-state index is -1.42. The number of benzene rings is 4. The van der Waals surface area contributed by atoms with E-state index in [1.165, 1.54) is 0 Å². The lowest BCUT2D eigenvalue weighted by molar-refractivity contribution is -0.128. The number of ether oxygens (including phenoxy) is 2. The Morgan fingerprint density at radius 3 is 2.45 bits per heavy atom. The van der Waals surface area contributed by atoms with Crippen LogP contribution in [0.25, 0.3) is 10.4 Å². The van der Waals surface area contributed by atoms with E-state index >= 15 is 0 Å². The number of hydrogen-bond acceptors (Lipinski definition) is 6. The van der Waals surface area contributed by atoms with E-state index in [9.17, 15) is 10.3 Å². The highest BCUT2D eigenvalue weighted by Gasteiger charge is 2.53. The summed E-state index contributed by atoms with van der Waals surface area (Å²) >= 11 is 3.50. The Bertz CT molecular complexity index is 1640. The van der Waals surface area contributed by atoms with Gasteiger partial charge in [0.05, 0.1) is 6.61 Å². The van der Waals surface area contributed by atoms with Crippen LogP contribution in [0.15, 0.2) is 118 Å². The average molecular weight is 655 g/mol. The molecule has 1 aliphatic heterocycles. The van der Waals surface area contributed by atoms with Crippen LogP contribution in [0.4, 0.5) is 5.69 Å². The molecule has 0 unspecified atom stereocenters. The average Bonchev–Trinajstić information content (AvgIpc) is 3.43. The molecule has 0 radical (unpaired) electrons. The van der Waals surface area contributed by atoms with Gasteiger partial charge in [0.15, 0.2) is 11.6 Å². The molecule has 0 spiro atoms. The molecule has 0 saturated carbocycles. The number of amides is 1. The van der Waals surface area contributed by atoms with E-state index in [1.807, 2.05) is 72.8 Å². The lowest BCUT2D eigenvalue weighted by atomic mass is 9.81. The standard InChI is InChI=1S/C34H32BrN5O4/c35-27-15-11-25(12-16-27)23-34(33(42)37-20-19-24-7-2-1-3-8-24)31(29-9-4-5-10-30(29)39-40-36)44-32(38-34)26-13-17-28(18-14-26)43-22-6-21-41/h1-5,7-18,31,41H,6,19-23H2,(H,37,42)/t31-,34-/m1/s1. The number of rotatable bonds is 13. The molecule has 1 aliphatic rings. The van der Waals surface area contributed by atoms with Gasteiger partial charge in [0.1, 0.15) is 5.75 Å². The molecule has 0 aromatic heterocycles. The third-order valence-electron chi connectivity index (χ3n) is 7.33. The first-order valence-electron chi connectivity index (χ1n) is 14.3. The fourth-order valence-corrected chi connectivity index (χ4v) is 5.40. The third-order valence-corrected chi connectivity index (χ3v) is 7.86. The normalized spacial score (nSPS) is 17.2. The summed E-state index contributed by atoms with van der Waals surface area (Å²) in [7, 11) is 0. The summed E-state index contributed by atoms with van der Waals surface area (Å²) in [6, 6.07) is 32.1. The molecule has 0 aliphatic carbocycles. The fraction of sp³-hybridized carbons (Fsp3) is 0.235. The number of nitrogens with zero attached hydrogens (tertiary/aromatic N) is 4. The molecular weight excluding hydrogens is 622 g/mol. The molecule has 224 valence electrons. The first-order valence-corrected chi connectivity index (χ1v) is 15.1. The highest BCUT2D eigenvalue weighted by Crippen LogP contribution is 2.45. The second-order valence-electron chi connectivity index (χ2n) is 10.3. The largest absolute Gasteiger partial charge is 0.494 e. The van der Waals surface area contributed by atoms with Crippen molar-refractivity contribution in [3.8, 4) is 5.75 Å². The molecule has 9 nitrogen and oxygen atoms in total. The number of aliphatic hydroxyl groups is 1. The van der Waals surface area contributed by atoms with Crippen LogP contribution in [0.3, 0.4) is 0 Å². The Morgan fingerprint density at radius 2 is 1.73 bits per heavy atom. The zero-order valence-electron chi connectivity index (χ0n) is 24.0. The molecule has 44 heavy (non-hydrogen) atoms. The highest BCUT2D eigenvalue weighted by atomic mass is 79.9. The molecule has 0 bridgehead atoms. The van der Waals surface area contributed by atoms with Crippen LogP contribution in [0.5, 0.6) is 5.75 Å². The first-order chi connectivity index (χ1) is 21.5. The molecule has 0 saturated heterocycles. The number of carbonyl (C=O) groups excluding carboxylic acids is 1. The Hall–Kier alpha value is -4.63. The van der Waals surface area contributed by atoms with E-state index in [0.717, 1.165) is 15.6 Å². The van der Waals surface area contributed by atoms with Crippen molar-refractivity contribution < 1.29 is 19.4 Å². The summed E-state index contributed by atoms with van der Waals surface area (Å²) in [5.41, 5.74) is 11.5. The Morgan fingerprint density at radius 1 is 1.00 bits per heavy atom. The van der Waals surface area contributed by atoms with Gasteiger partial charge >= 0.3 is 0 Å². The van der Waals surface area contributed by atoms with Crippen LogP contribution < -0.4 is 10.1 Å². The first kappa shape index (κ1) is 30.8. The van der Waals surface area contributed by atoms with Gasteiger partial charge in [-0.25, -0.2) is 4.99 Å². The van der Waals surface area contributed by atoms with Crippen LogP contribution in [0.2, 0.25) is 0 Å². The minimum absolute atomic E-state index is 0.0509. The number of nitrogens with one attached hydrogen (secondary N) is 1. The summed E-state index contributed by atoms with van der Waals surface area (Å²) in [6.07, 6.45) is 0.524. The number of aliphatic imine (C=N–C) groups is 1. The van der Waals surface area contributed by atoms with Gasteiger partial charge in [-0.3, -0.25) is 4.79 Å². The van der Waals surface area contributed by atoms with Gasteiger partial charge in [-0.1, -0.05) is 87.8 Å². The molecule has 10 heteroatoms. The van der Waals surface area contributed by atoms with Crippen LogP contribution in [0, 0.1) is 0 Å². The van der Waals surface area contributed by atoms with Gasteiger partial charge in [-0.2, -0.15) is 0 Å². The predicted molar refractivity (Wildman–Crippen MR) is 173 cm³/mol. The van der Waals surface area contributed by atoms with Crippen molar-refractivity contribution in [2.24, 2.45) is 10.1 Å². The van der Waals surface area contributed by atoms with Crippen molar-refractivity contribution in [3.63, 3.8) is 0 Å². The number of halogens is 1. The van der Waals surface area contributed by atoms with Crippen LogP contribution in [-0.4, -0.2) is 42.2 Å². The molecule has 5 rings (SSSR count). The van der Waals surface area contributed by atoms with Crippen molar-refractivity contribution in [1.82, 2.24) is 5.32 Å². The third kappa shape index (κ3) is 7.29. The van der Waals surface area contributed by atoms with Gasteiger partial charge < -0.3 is 19.9 Å². The van der Waals surface area contributed by atoms with E-state index in [2.05, 4.69) is 31.3 Å². The smallest absolute Gasteiger partial charge is 0.252 e. The van der Waals surface area contributed by atoms with E-state index in [1.54, 1.807) is 30.3 Å². The lowest BCUT2D eigenvalue weighted by Gasteiger charge is -2.31. The minimum Gasteiger partial charge on any atom is -0.494 e. The molecule has 1 amide bonds. The summed E-state index contributed by atoms with van der Waals surface area (Å²) in [4.78, 5) is 22.5. The predicted octanol–water partition coefficient (Wildman–Crippen LogP) is 7.01. The molecule has 2 atom stereocenters. The maximum atomic E-state index is 14.4. The second-order valence-corrected chi connectivity index (χ2v) is 11.2. The molecule has 4 aromatic rings. The number of carbonyl (C=O) groups is 1. The Labute approximate surface area is 264 Å². The Balaban J connectivity index is 1.56. The molecule has 4 aromatic carbocycles. The van der Waals surface area contributed by atoms with Crippen molar-refractivity contribution in [2.45, 2.75) is 30.9 Å². The summed E-state index contributed by atoms with van der Waals surface area (Å²) in [5.74, 6) is 0.643. The van der Waals surface area contributed by atoms with E-state index in [4.69, 9.17) is 19.6 Å². The van der Waals surface area contributed by atoms with E-state index in [0.29, 0.717) is 54.5 Å². The van der Waals surface area contributed by atoms with Crippen LogP contribution >= 0.6 is 15.9 Å². The van der Waals surface area contributed by atoms with Crippen molar-refractivity contribution >= 4 is 33.4 Å². The second kappa shape index (κ2) is 14.7. The molecule has 1 heterocycles. The van der Waals surface area contributed by atoms with Gasteiger partial charge in [0.25, 0.3) is 5.91 Å². The molecule has 0 fully saturated rings. The van der Waals surface area contributed by atoms with Gasteiger partial charge in [-0.05, 0) is 59.5 Å². The Kier molecular flexibility index (Phi) is 10.3. The van der Waals surface area contributed by atoms with Crippen LogP contribution in [-0.2, 0) is 22.4 Å². The van der Waals surface area contributed by atoms with Gasteiger partial charge in [-0.15, -0.1) is 0 Å². The highest BCUT2D eigenvalue weighted by molar-refractivity contribution is 9.10. The number of hydrogen-bond donors (Lipinski definition) is 2. The summed E-state index contributed by atoms with van der Waals surface area (Å²) in [6.45, 7) is 0.848. The van der Waals surface area contributed by atoms with Crippen molar-refractivity contribution in [1.29, 1.82) is 0 Å². The van der Waals surface area contributed by atoms with Gasteiger partial charge in [0, 0.05) is 52.2 Å². The molecule has 2 N–H and O–H groups in total. The van der Waals surface area contributed by atoms with Gasteiger partial charge in [0.2, 0.25) is 5.90 Å². The van der Waals surface area contributed by atoms with E-state index in [-0.39, 0.29) is 18.9 Å². The number of azide groups is 1. The quantitative estimate of drug-likeness (QED) is 0.0696. The van der Waals surface area contributed by atoms with Crippen LogP contribution in [0.1, 0.15) is 34.8 Å². The SMILES string of the molecule is [N-]=[N+]=Nc1ccccc1[C@H]1OC(c2ccc(OCCCO)cc2)=N[C@@]1(Cc1ccc(Br)cc1)C(=O)NCCc1ccccc1.